The van der Waals surface area contributed by atoms with Crippen LogP contribution < -0.4 is 5.32 Å². The first-order chi connectivity index (χ1) is 9.20. The van der Waals surface area contributed by atoms with Crippen LogP contribution in [-0.4, -0.2) is 24.3 Å². The van der Waals surface area contributed by atoms with Gasteiger partial charge in [-0.1, -0.05) is 13.3 Å². The van der Waals surface area contributed by atoms with Gasteiger partial charge >= 0.3 is 0 Å². The molecule has 0 atom stereocenters. The van der Waals surface area contributed by atoms with Gasteiger partial charge in [0.1, 0.15) is 0 Å². The fourth-order valence-electron chi connectivity index (χ4n) is 2.41. The van der Waals surface area contributed by atoms with Gasteiger partial charge in [0, 0.05) is 37.7 Å². The molecule has 0 aromatic carbocycles. The third-order valence-electron chi connectivity index (χ3n) is 3.59. The van der Waals surface area contributed by atoms with Gasteiger partial charge in [0.05, 0.1) is 0 Å². The number of ether oxygens (including phenoxy) is 1. The van der Waals surface area contributed by atoms with Crippen LogP contribution in [0.1, 0.15) is 50.1 Å². The normalized spacial score (nSPS) is 11.2. The second kappa shape index (κ2) is 9.16. The average Bonchev–Trinajstić information content (AvgIpc) is 2.67. The van der Waals surface area contributed by atoms with Crippen LogP contribution in [0, 0.1) is 13.8 Å². The maximum atomic E-state index is 5.55. The van der Waals surface area contributed by atoms with Gasteiger partial charge in [-0.3, -0.25) is 0 Å². The lowest BCUT2D eigenvalue weighted by atomic mass is 10.2. The standard InChI is InChI=1S/C16H30N2O/c1-5-7-10-19-11-8-9-17-13-16-12-14(3)18(6-2)15(16)4/h12,17H,5-11,13H2,1-4H3. The Labute approximate surface area is 118 Å². The Morgan fingerprint density at radius 3 is 2.53 bits per heavy atom. The summed E-state index contributed by atoms with van der Waals surface area (Å²) in [6.07, 6.45) is 3.48. The Morgan fingerprint density at radius 2 is 1.89 bits per heavy atom. The van der Waals surface area contributed by atoms with Gasteiger partial charge in [0.15, 0.2) is 0 Å². The van der Waals surface area contributed by atoms with E-state index in [4.69, 9.17) is 4.74 Å². The zero-order valence-electron chi connectivity index (χ0n) is 13.1. The predicted octanol–water partition coefficient (Wildman–Crippen LogP) is 3.42. The molecule has 0 unspecified atom stereocenters. The summed E-state index contributed by atoms with van der Waals surface area (Å²) in [6.45, 7) is 13.6. The highest BCUT2D eigenvalue weighted by atomic mass is 16.5. The molecule has 0 radical (unpaired) electrons. The molecule has 3 nitrogen and oxygen atoms in total. The van der Waals surface area contributed by atoms with Crippen LogP contribution in [0.25, 0.3) is 0 Å². The Bertz CT molecular complexity index is 358. The molecule has 1 heterocycles. The van der Waals surface area contributed by atoms with E-state index in [9.17, 15) is 0 Å². The zero-order chi connectivity index (χ0) is 14.1. The van der Waals surface area contributed by atoms with E-state index in [1.54, 1.807) is 0 Å². The Morgan fingerprint density at radius 1 is 1.16 bits per heavy atom. The molecular weight excluding hydrogens is 236 g/mol. The molecule has 3 heteroatoms. The van der Waals surface area contributed by atoms with Crippen LogP contribution in [0.3, 0.4) is 0 Å². The smallest absolute Gasteiger partial charge is 0.0478 e. The van der Waals surface area contributed by atoms with Crippen LogP contribution in [0.15, 0.2) is 6.07 Å². The van der Waals surface area contributed by atoms with E-state index in [0.717, 1.165) is 39.3 Å². The lowest BCUT2D eigenvalue weighted by Crippen LogP contribution is -2.17. The maximum absolute atomic E-state index is 5.55. The summed E-state index contributed by atoms with van der Waals surface area (Å²) in [5, 5.41) is 3.50. The Kier molecular flexibility index (Phi) is 7.84. The van der Waals surface area contributed by atoms with E-state index < -0.39 is 0 Å². The van der Waals surface area contributed by atoms with Crippen molar-refractivity contribution in [1.29, 1.82) is 0 Å². The van der Waals surface area contributed by atoms with Gasteiger partial charge < -0.3 is 14.6 Å². The lowest BCUT2D eigenvalue weighted by molar-refractivity contribution is 0.129. The molecule has 0 saturated heterocycles. The van der Waals surface area contributed by atoms with Crippen LogP contribution in [0.5, 0.6) is 0 Å². The largest absolute Gasteiger partial charge is 0.381 e. The second-order valence-corrected chi connectivity index (χ2v) is 5.14. The molecule has 0 saturated carbocycles. The first kappa shape index (κ1) is 16.3. The molecule has 0 amide bonds. The van der Waals surface area contributed by atoms with E-state index >= 15 is 0 Å². The minimum Gasteiger partial charge on any atom is -0.381 e. The first-order valence-electron chi connectivity index (χ1n) is 7.64. The van der Waals surface area contributed by atoms with Crippen molar-refractivity contribution in [3.8, 4) is 0 Å². The molecular formula is C16H30N2O. The Balaban J connectivity index is 2.16. The highest BCUT2D eigenvalue weighted by Crippen LogP contribution is 2.14. The number of unbranched alkanes of at least 4 members (excludes halogenated alkanes) is 1. The van der Waals surface area contributed by atoms with Gasteiger partial charge in [0.25, 0.3) is 0 Å². The minimum atomic E-state index is 0.876. The van der Waals surface area contributed by atoms with Gasteiger partial charge in [-0.25, -0.2) is 0 Å². The predicted molar refractivity (Wildman–Crippen MR) is 81.6 cm³/mol. The summed E-state index contributed by atoms with van der Waals surface area (Å²) in [7, 11) is 0. The fraction of sp³-hybridized carbons (Fsp3) is 0.750. The van der Waals surface area contributed by atoms with Crippen LogP contribution >= 0.6 is 0 Å². The monoisotopic (exact) mass is 266 g/mol. The zero-order valence-corrected chi connectivity index (χ0v) is 13.1. The summed E-state index contributed by atoms with van der Waals surface area (Å²) >= 11 is 0. The number of rotatable bonds is 10. The molecule has 0 aliphatic carbocycles. The molecule has 0 spiro atoms. The van der Waals surface area contributed by atoms with Crippen molar-refractivity contribution in [3.63, 3.8) is 0 Å². The maximum Gasteiger partial charge on any atom is 0.0478 e. The molecule has 1 N–H and O–H groups in total. The van der Waals surface area contributed by atoms with Crippen molar-refractivity contribution in [2.24, 2.45) is 0 Å². The van der Waals surface area contributed by atoms with E-state index in [1.165, 1.54) is 29.8 Å². The molecule has 0 fully saturated rings. The van der Waals surface area contributed by atoms with Crippen LogP contribution in [0.4, 0.5) is 0 Å². The first-order valence-corrected chi connectivity index (χ1v) is 7.64. The number of hydrogen-bond acceptors (Lipinski definition) is 2. The van der Waals surface area contributed by atoms with Crippen LogP contribution in [-0.2, 0) is 17.8 Å². The number of hydrogen-bond donors (Lipinski definition) is 1. The third-order valence-corrected chi connectivity index (χ3v) is 3.59. The number of nitrogens with zero attached hydrogens (tertiary/aromatic N) is 1. The van der Waals surface area contributed by atoms with Crippen molar-refractivity contribution < 1.29 is 4.74 Å². The van der Waals surface area contributed by atoms with Gasteiger partial charge in [-0.15, -0.1) is 0 Å². The van der Waals surface area contributed by atoms with E-state index in [-0.39, 0.29) is 0 Å². The highest BCUT2D eigenvalue weighted by molar-refractivity contribution is 5.26. The van der Waals surface area contributed by atoms with Crippen molar-refractivity contribution in [3.05, 3.63) is 23.0 Å². The molecule has 1 aromatic heterocycles. The van der Waals surface area contributed by atoms with Gasteiger partial charge in [-0.2, -0.15) is 0 Å². The molecule has 1 rings (SSSR count). The fourth-order valence-corrected chi connectivity index (χ4v) is 2.41. The van der Waals surface area contributed by atoms with Crippen molar-refractivity contribution in [1.82, 2.24) is 9.88 Å². The van der Waals surface area contributed by atoms with E-state index in [1.807, 2.05) is 0 Å². The van der Waals surface area contributed by atoms with E-state index in [2.05, 4.69) is 43.6 Å². The van der Waals surface area contributed by atoms with Crippen LogP contribution in [0.2, 0.25) is 0 Å². The van der Waals surface area contributed by atoms with Crippen molar-refractivity contribution in [2.75, 3.05) is 19.8 Å². The topological polar surface area (TPSA) is 26.2 Å². The quantitative estimate of drug-likeness (QED) is 0.657. The summed E-state index contributed by atoms with van der Waals surface area (Å²) in [6, 6.07) is 2.30. The molecule has 0 aliphatic rings. The molecule has 19 heavy (non-hydrogen) atoms. The molecule has 0 bridgehead atoms. The minimum absolute atomic E-state index is 0.876. The van der Waals surface area contributed by atoms with Gasteiger partial charge in [0.2, 0.25) is 0 Å². The number of aryl methyl sites for hydroxylation is 1. The summed E-state index contributed by atoms with van der Waals surface area (Å²) in [4.78, 5) is 0. The average molecular weight is 266 g/mol. The number of aromatic nitrogens is 1. The number of nitrogens with one attached hydrogen (secondary N) is 1. The second-order valence-electron chi connectivity index (χ2n) is 5.14. The summed E-state index contributed by atoms with van der Waals surface area (Å²) in [5.74, 6) is 0. The highest BCUT2D eigenvalue weighted by Gasteiger charge is 2.06. The summed E-state index contributed by atoms with van der Waals surface area (Å²) in [5.41, 5.74) is 4.18. The molecule has 110 valence electrons. The van der Waals surface area contributed by atoms with Gasteiger partial charge in [-0.05, 0) is 51.8 Å². The third kappa shape index (κ3) is 5.37. The van der Waals surface area contributed by atoms with E-state index in [0.29, 0.717) is 0 Å². The Hall–Kier alpha value is -0.800. The van der Waals surface area contributed by atoms with Crippen molar-refractivity contribution >= 4 is 0 Å². The molecule has 0 aliphatic heterocycles. The lowest BCUT2D eigenvalue weighted by Gasteiger charge is -2.07. The SMILES string of the molecule is CCCCOCCCNCc1cc(C)n(CC)c1C. The summed E-state index contributed by atoms with van der Waals surface area (Å²) < 4.78 is 7.91. The molecule has 1 aromatic rings. The van der Waals surface area contributed by atoms with Crippen molar-refractivity contribution in [2.45, 2.75) is 60.0 Å².